The molecule has 2 aromatic carbocycles. The topological polar surface area (TPSA) is 58.2 Å². The minimum absolute atomic E-state index is 0.100. The standard InChI is InChI=1S/C21H26N2O2S/c1-3-4-12-22-21(25)18-10-5-6-11-19(18)23-20(24)15-26-14-17-9-7-8-16(2)13-17/h5-11,13H,3-4,12,14-15H2,1-2H3,(H,22,25)(H,23,24). The molecule has 0 spiro atoms. The van der Waals surface area contributed by atoms with E-state index in [1.165, 1.54) is 11.1 Å². The number of nitrogens with one attached hydrogen (secondary N) is 2. The molecule has 2 aromatic rings. The average molecular weight is 371 g/mol. The Kier molecular flexibility index (Phi) is 8.22. The average Bonchev–Trinajstić information content (AvgIpc) is 2.62. The molecule has 2 rings (SSSR count). The third-order valence-corrected chi connectivity index (χ3v) is 4.85. The van der Waals surface area contributed by atoms with Crippen molar-refractivity contribution in [3.8, 4) is 0 Å². The van der Waals surface area contributed by atoms with Crippen LogP contribution in [0.1, 0.15) is 41.3 Å². The molecule has 0 unspecified atom stereocenters. The third-order valence-electron chi connectivity index (χ3n) is 3.85. The molecule has 5 heteroatoms. The van der Waals surface area contributed by atoms with Crippen LogP contribution < -0.4 is 10.6 Å². The van der Waals surface area contributed by atoms with E-state index in [4.69, 9.17) is 0 Å². The number of rotatable bonds is 9. The van der Waals surface area contributed by atoms with Gasteiger partial charge in [-0.25, -0.2) is 0 Å². The number of aryl methyl sites for hydroxylation is 1. The number of thioether (sulfide) groups is 1. The van der Waals surface area contributed by atoms with Crippen LogP contribution in [0.2, 0.25) is 0 Å². The fraction of sp³-hybridized carbons (Fsp3) is 0.333. The first-order valence-corrected chi connectivity index (χ1v) is 10.1. The molecule has 2 amide bonds. The number of benzene rings is 2. The van der Waals surface area contributed by atoms with E-state index >= 15 is 0 Å². The van der Waals surface area contributed by atoms with Crippen LogP contribution in [0, 0.1) is 6.92 Å². The molecule has 0 saturated heterocycles. The van der Waals surface area contributed by atoms with Crippen molar-refractivity contribution in [2.24, 2.45) is 0 Å². The Morgan fingerprint density at radius 2 is 1.88 bits per heavy atom. The van der Waals surface area contributed by atoms with Gasteiger partial charge in [0, 0.05) is 12.3 Å². The van der Waals surface area contributed by atoms with Crippen LogP contribution >= 0.6 is 11.8 Å². The lowest BCUT2D eigenvalue weighted by Gasteiger charge is -2.11. The quantitative estimate of drug-likeness (QED) is 0.643. The number of unbranched alkanes of at least 4 members (excludes halogenated alkanes) is 1. The van der Waals surface area contributed by atoms with Crippen LogP contribution in [0.3, 0.4) is 0 Å². The summed E-state index contributed by atoms with van der Waals surface area (Å²) in [4.78, 5) is 24.5. The molecule has 0 fully saturated rings. The summed E-state index contributed by atoms with van der Waals surface area (Å²) in [6, 6.07) is 15.4. The molecule has 0 radical (unpaired) electrons. The Balaban J connectivity index is 1.87. The number of anilines is 1. The fourth-order valence-corrected chi connectivity index (χ4v) is 3.29. The van der Waals surface area contributed by atoms with Gasteiger partial charge in [0.2, 0.25) is 5.91 Å². The number of para-hydroxylation sites is 1. The maximum absolute atomic E-state index is 12.3. The lowest BCUT2D eigenvalue weighted by Crippen LogP contribution is -2.26. The van der Waals surface area contributed by atoms with Crippen molar-refractivity contribution < 1.29 is 9.59 Å². The van der Waals surface area contributed by atoms with E-state index in [0.717, 1.165) is 18.6 Å². The van der Waals surface area contributed by atoms with E-state index < -0.39 is 0 Å². The largest absolute Gasteiger partial charge is 0.352 e. The van der Waals surface area contributed by atoms with Gasteiger partial charge >= 0.3 is 0 Å². The van der Waals surface area contributed by atoms with Gasteiger partial charge in [0.25, 0.3) is 5.91 Å². The number of carbonyl (C=O) groups is 2. The Labute approximate surface area is 159 Å². The van der Waals surface area contributed by atoms with Gasteiger partial charge in [-0.05, 0) is 31.0 Å². The van der Waals surface area contributed by atoms with Gasteiger partial charge in [0.15, 0.2) is 0 Å². The smallest absolute Gasteiger partial charge is 0.253 e. The van der Waals surface area contributed by atoms with E-state index in [2.05, 4.69) is 42.7 Å². The van der Waals surface area contributed by atoms with Crippen molar-refractivity contribution in [3.05, 3.63) is 65.2 Å². The molecule has 0 saturated carbocycles. The zero-order valence-electron chi connectivity index (χ0n) is 15.4. The van der Waals surface area contributed by atoms with Crippen molar-refractivity contribution in [2.75, 3.05) is 17.6 Å². The van der Waals surface area contributed by atoms with Crippen molar-refractivity contribution in [1.29, 1.82) is 0 Å². The monoisotopic (exact) mass is 370 g/mol. The first kappa shape index (κ1) is 20.0. The van der Waals surface area contributed by atoms with Crippen molar-refractivity contribution in [1.82, 2.24) is 5.32 Å². The summed E-state index contributed by atoms with van der Waals surface area (Å²) in [6.45, 7) is 4.78. The van der Waals surface area contributed by atoms with Gasteiger partial charge in [0.05, 0.1) is 17.0 Å². The molecule has 0 atom stereocenters. The number of amides is 2. The molecule has 0 heterocycles. The molecule has 138 valence electrons. The lowest BCUT2D eigenvalue weighted by molar-refractivity contribution is -0.113. The maximum Gasteiger partial charge on any atom is 0.253 e. The van der Waals surface area contributed by atoms with Gasteiger partial charge in [-0.2, -0.15) is 0 Å². The fourth-order valence-electron chi connectivity index (χ4n) is 2.51. The summed E-state index contributed by atoms with van der Waals surface area (Å²) in [7, 11) is 0. The lowest BCUT2D eigenvalue weighted by atomic mass is 10.1. The summed E-state index contributed by atoms with van der Waals surface area (Å²) in [6.07, 6.45) is 1.96. The van der Waals surface area contributed by atoms with E-state index in [1.54, 1.807) is 30.0 Å². The molecule has 0 aliphatic carbocycles. The summed E-state index contributed by atoms with van der Waals surface area (Å²) in [5, 5.41) is 5.75. The van der Waals surface area contributed by atoms with Crippen LogP contribution in [-0.4, -0.2) is 24.1 Å². The predicted octanol–water partition coefficient (Wildman–Crippen LogP) is 4.40. The molecule has 26 heavy (non-hydrogen) atoms. The van der Waals surface area contributed by atoms with E-state index in [-0.39, 0.29) is 11.8 Å². The highest BCUT2D eigenvalue weighted by Crippen LogP contribution is 2.17. The molecule has 0 aliphatic rings. The minimum atomic E-state index is -0.151. The second-order valence-electron chi connectivity index (χ2n) is 6.19. The number of hydrogen-bond acceptors (Lipinski definition) is 3. The van der Waals surface area contributed by atoms with Gasteiger partial charge < -0.3 is 10.6 Å². The van der Waals surface area contributed by atoms with Crippen LogP contribution in [0.25, 0.3) is 0 Å². The van der Waals surface area contributed by atoms with Crippen LogP contribution in [0.15, 0.2) is 48.5 Å². The molecule has 0 aliphatic heterocycles. The summed E-state index contributed by atoms with van der Waals surface area (Å²) < 4.78 is 0. The van der Waals surface area contributed by atoms with E-state index in [9.17, 15) is 9.59 Å². The highest BCUT2D eigenvalue weighted by Gasteiger charge is 2.12. The molecule has 0 bridgehead atoms. The SMILES string of the molecule is CCCCNC(=O)c1ccccc1NC(=O)CSCc1cccc(C)c1. The zero-order chi connectivity index (χ0) is 18.8. The van der Waals surface area contributed by atoms with Gasteiger partial charge in [-0.1, -0.05) is 55.3 Å². The third kappa shape index (κ3) is 6.56. The Hall–Kier alpha value is -2.27. The number of carbonyl (C=O) groups excluding carboxylic acids is 2. The Morgan fingerprint density at radius 3 is 2.65 bits per heavy atom. The van der Waals surface area contributed by atoms with E-state index in [0.29, 0.717) is 23.5 Å². The van der Waals surface area contributed by atoms with Crippen molar-refractivity contribution in [2.45, 2.75) is 32.4 Å². The molecule has 2 N–H and O–H groups in total. The van der Waals surface area contributed by atoms with Gasteiger partial charge in [-0.15, -0.1) is 11.8 Å². The van der Waals surface area contributed by atoms with Crippen LogP contribution in [0.4, 0.5) is 5.69 Å². The van der Waals surface area contributed by atoms with Crippen LogP contribution in [0.5, 0.6) is 0 Å². The highest BCUT2D eigenvalue weighted by molar-refractivity contribution is 7.99. The Morgan fingerprint density at radius 1 is 1.08 bits per heavy atom. The Bertz CT molecular complexity index is 746. The molecule has 0 aromatic heterocycles. The van der Waals surface area contributed by atoms with Gasteiger partial charge in [-0.3, -0.25) is 9.59 Å². The van der Waals surface area contributed by atoms with Gasteiger partial charge in [0.1, 0.15) is 0 Å². The summed E-state index contributed by atoms with van der Waals surface area (Å²) >= 11 is 1.56. The number of hydrogen-bond donors (Lipinski definition) is 2. The van der Waals surface area contributed by atoms with Crippen molar-refractivity contribution in [3.63, 3.8) is 0 Å². The normalized spacial score (nSPS) is 10.4. The second kappa shape index (κ2) is 10.7. The second-order valence-corrected chi connectivity index (χ2v) is 7.17. The first-order valence-electron chi connectivity index (χ1n) is 8.90. The summed E-state index contributed by atoms with van der Waals surface area (Å²) in [5.41, 5.74) is 3.48. The molecule has 4 nitrogen and oxygen atoms in total. The molecular weight excluding hydrogens is 344 g/mol. The highest BCUT2D eigenvalue weighted by atomic mass is 32.2. The zero-order valence-corrected chi connectivity index (χ0v) is 16.2. The van der Waals surface area contributed by atoms with Crippen molar-refractivity contribution >= 4 is 29.3 Å². The van der Waals surface area contributed by atoms with E-state index in [1.807, 2.05) is 12.1 Å². The summed E-state index contributed by atoms with van der Waals surface area (Å²) in [5.74, 6) is 0.881. The maximum atomic E-state index is 12.3. The predicted molar refractivity (Wildman–Crippen MR) is 110 cm³/mol. The first-order chi connectivity index (χ1) is 12.6. The minimum Gasteiger partial charge on any atom is -0.352 e. The molecular formula is C21H26N2O2S. The van der Waals surface area contributed by atoms with Crippen LogP contribution in [-0.2, 0) is 10.5 Å².